The lowest BCUT2D eigenvalue weighted by Crippen LogP contribution is -2.47. The number of nitrogens with zero attached hydrogens (tertiary/aromatic N) is 5. The van der Waals surface area contributed by atoms with E-state index in [1.807, 2.05) is 73.3 Å². The highest BCUT2D eigenvalue weighted by atomic mass is 16.4. The first-order chi connectivity index (χ1) is 24.7. The Balaban J connectivity index is 0.000000151. The van der Waals surface area contributed by atoms with Gasteiger partial charge in [0.15, 0.2) is 11.5 Å². The maximum atomic E-state index is 13.2. The van der Waals surface area contributed by atoms with Gasteiger partial charge in [-0.3, -0.25) is 4.79 Å². The summed E-state index contributed by atoms with van der Waals surface area (Å²) in [6.45, 7) is 12.0. The first-order valence-electron chi connectivity index (χ1n) is 17.2. The van der Waals surface area contributed by atoms with E-state index in [9.17, 15) is 14.7 Å². The number of amides is 1. The number of pyridine rings is 2. The van der Waals surface area contributed by atoms with Gasteiger partial charge in [-0.05, 0) is 88.6 Å². The zero-order valence-electron chi connectivity index (χ0n) is 29.6. The van der Waals surface area contributed by atoms with Gasteiger partial charge in [0.1, 0.15) is 11.4 Å². The Morgan fingerprint density at radius 2 is 1.16 bits per heavy atom. The molecule has 4 aromatic heterocycles. The number of likely N-dealkylation sites (N-methyl/N-ethyl adjacent to an activating group) is 2. The average molecular weight is 689 g/mol. The highest BCUT2D eigenvalue weighted by Gasteiger charge is 2.23. The molecular weight excluding hydrogens is 644 g/mol. The van der Waals surface area contributed by atoms with Crippen LogP contribution in [0.15, 0.2) is 94.2 Å². The monoisotopic (exact) mass is 688 g/mol. The number of rotatable bonds is 4. The van der Waals surface area contributed by atoms with Crippen LogP contribution in [-0.4, -0.2) is 108 Å². The van der Waals surface area contributed by atoms with E-state index in [0.717, 1.165) is 61.3 Å². The molecule has 2 aliphatic heterocycles. The maximum absolute atomic E-state index is 13.2. The highest BCUT2D eigenvalue weighted by Crippen LogP contribution is 2.28. The smallest absolute Gasteiger partial charge is 0.336 e. The van der Waals surface area contributed by atoms with Crippen molar-refractivity contribution >= 4 is 33.7 Å². The maximum Gasteiger partial charge on any atom is 0.336 e. The summed E-state index contributed by atoms with van der Waals surface area (Å²) in [5.41, 5.74) is 5.74. The van der Waals surface area contributed by atoms with E-state index in [-0.39, 0.29) is 11.5 Å². The second-order valence-electron chi connectivity index (χ2n) is 13.1. The number of furan rings is 2. The molecule has 1 amide bonds. The van der Waals surface area contributed by atoms with E-state index in [2.05, 4.69) is 39.2 Å². The van der Waals surface area contributed by atoms with Gasteiger partial charge in [-0.1, -0.05) is 23.3 Å². The van der Waals surface area contributed by atoms with Gasteiger partial charge in [-0.25, -0.2) is 14.8 Å². The van der Waals surface area contributed by atoms with Crippen LogP contribution in [0.3, 0.4) is 0 Å². The largest absolute Gasteiger partial charge is 0.478 e. The van der Waals surface area contributed by atoms with Gasteiger partial charge in [-0.15, -0.1) is 0 Å². The van der Waals surface area contributed by atoms with E-state index in [4.69, 9.17) is 8.83 Å². The minimum Gasteiger partial charge on any atom is -0.478 e. The molecule has 2 N–H and O–H groups in total. The van der Waals surface area contributed by atoms with Gasteiger partial charge >= 0.3 is 5.97 Å². The lowest BCUT2D eigenvalue weighted by molar-refractivity contribution is 0.0664. The Morgan fingerprint density at radius 3 is 1.61 bits per heavy atom. The van der Waals surface area contributed by atoms with Crippen LogP contribution >= 0.6 is 0 Å². The van der Waals surface area contributed by atoms with Crippen molar-refractivity contribution in [3.8, 4) is 22.9 Å². The molecule has 8 rings (SSSR count). The molecular formula is C40H44N6O5. The Kier molecular flexibility index (Phi) is 11.2. The molecule has 264 valence electrons. The number of aromatic carboxylic acids is 1. The van der Waals surface area contributed by atoms with Crippen LogP contribution in [0.2, 0.25) is 0 Å². The third-order valence-corrected chi connectivity index (χ3v) is 9.07. The van der Waals surface area contributed by atoms with Gasteiger partial charge < -0.3 is 34.0 Å². The van der Waals surface area contributed by atoms with Crippen molar-refractivity contribution in [3.05, 3.63) is 108 Å². The summed E-state index contributed by atoms with van der Waals surface area (Å²) >= 11 is 0. The Labute approximate surface area is 297 Å². The van der Waals surface area contributed by atoms with Crippen molar-refractivity contribution in [2.45, 2.75) is 13.8 Å². The standard InChI is InChI=1S/C20H21N3O2.C15H11NO3.C5H12N2/c1-14-5-6-17-15(12-14)16(13-18(21-17)19-4-3-11-25-19)20(24)23-9-7-22(2)8-10-23;1-9-4-5-12-10(7-9)11(15(17)18)8-13(16-12)14-3-2-6-19-14;1-7-4-2-6-3-5-7/h3-6,11-13H,7-10H2,1-2H3;2-8H,1H3,(H,17,18);6H,2-5H2,1H3. The summed E-state index contributed by atoms with van der Waals surface area (Å²) in [6.07, 6.45) is 3.16. The van der Waals surface area contributed by atoms with Crippen molar-refractivity contribution in [2.24, 2.45) is 0 Å². The number of carboxylic acid groups (broad SMARTS) is 1. The Bertz CT molecular complexity index is 2100. The van der Waals surface area contributed by atoms with Crippen LogP contribution in [0.25, 0.3) is 44.7 Å². The normalized spacial score (nSPS) is 15.2. The zero-order chi connectivity index (χ0) is 35.9. The third-order valence-electron chi connectivity index (χ3n) is 9.07. The van der Waals surface area contributed by atoms with E-state index in [1.165, 1.54) is 19.4 Å². The molecule has 0 atom stereocenters. The SMILES string of the molecule is CN1CCNCC1.Cc1ccc2nc(-c3ccco3)cc(C(=O)N3CCN(C)CC3)c2c1.Cc1ccc2nc(-c3ccco3)cc(C(=O)O)c2c1. The van der Waals surface area contributed by atoms with Crippen LogP contribution in [0.4, 0.5) is 0 Å². The van der Waals surface area contributed by atoms with Gasteiger partial charge in [0.2, 0.25) is 0 Å². The topological polar surface area (TPSA) is 128 Å². The minimum absolute atomic E-state index is 0.0684. The predicted octanol–water partition coefficient (Wildman–Crippen LogP) is 6.21. The number of hydrogen-bond donors (Lipinski definition) is 2. The van der Waals surface area contributed by atoms with Crippen LogP contribution in [0.1, 0.15) is 31.8 Å². The fourth-order valence-electron chi connectivity index (χ4n) is 6.09. The van der Waals surface area contributed by atoms with E-state index < -0.39 is 5.97 Å². The number of carbonyl (C=O) groups excluding carboxylic acids is 1. The van der Waals surface area contributed by atoms with Crippen molar-refractivity contribution in [1.82, 2.24) is 30.0 Å². The van der Waals surface area contributed by atoms with Gasteiger partial charge in [0.25, 0.3) is 5.91 Å². The summed E-state index contributed by atoms with van der Waals surface area (Å²) in [6, 6.07) is 22.2. The molecule has 0 bridgehead atoms. The Morgan fingerprint density at radius 1 is 0.667 bits per heavy atom. The van der Waals surface area contributed by atoms with Crippen molar-refractivity contribution in [3.63, 3.8) is 0 Å². The van der Waals surface area contributed by atoms with Crippen LogP contribution < -0.4 is 5.32 Å². The average Bonchev–Trinajstić information content (AvgIpc) is 3.88. The molecule has 11 heteroatoms. The summed E-state index contributed by atoms with van der Waals surface area (Å²) in [5.74, 6) is 0.338. The number of carbonyl (C=O) groups is 2. The lowest BCUT2D eigenvalue weighted by Gasteiger charge is -2.32. The fraction of sp³-hybridized carbons (Fsp3) is 0.300. The summed E-state index contributed by atoms with van der Waals surface area (Å²) in [5, 5.41) is 14.2. The summed E-state index contributed by atoms with van der Waals surface area (Å²) in [4.78, 5) is 40.2. The number of piperazine rings is 2. The van der Waals surface area contributed by atoms with E-state index >= 15 is 0 Å². The number of nitrogens with one attached hydrogen (secondary N) is 1. The second kappa shape index (κ2) is 16.1. The molecule has 2 aromatic carbocycles. The number of benzene rings is 2. The third kappa shape index (κ3) is 8.69. The highest BCUT2D eigenvalue weighted by molar-refractivity contribution is 6.07. The first kappa shape index (κ1) is 35.5. The molecule has 0 unspecified atom stereocenters. The van der Waals surface area contributed by atoms with Crippen LogP contribution in [0, 0.1) is 13.8 Å². The molecule has 11 nitrogen and oxygen atoms in total. The molecule has 51 heavy (non-hydrogen) atoms. The molecule has 2 fully saturated rings. The Hall–Kier alpha value is -5.36. The molecule has 0 spiro atoms. The van der Waals surface area contributed by atoms with Gasteiger partial charge in [0, 0.05) is 63.1 Å². The molecule has 2 aliphatic rings. The molecule has 6 heterocycles. The lowest BCUT2D eigenvalue weighted by atomic mass is 10.0. The second-order valence-corrected chi connectivity index (χ2v) is 13.1. The van der Waals surface area contributed by atoms with Gasteiger partial charge in [-0.2, -0.15) is 0 Å². The predicted molar refractivity (Wildman–Crippen MR) is 199 cm³/mol. The number of aryl methyl sites for hydroxylation is 2. The zero-order valence-corrected chi connectivity index (χ0v) is 29.6. The molecule has 2 saturated heterocycles. The quantitative estimate of drug-likeness (QED) is 0.221. The number of aromatic nitrogens is 2. The first-order valence-corrected chi connectivity index (χ1v) is 17.2. The van der Waals surface area contributed by atoms with Crippen LogP contribution in [0.5, 0.6) is 0 Å². The number of carboxylic acids is 1. The van der Waals surface area contributed by atoms with Crippen LogP contribution in [-0.2, 0) is 0 Å². The summed E-state index contributed by atoms with van der Waals surface area (Å²) < 4.78 is 10.8. The van der Waals surface area contributed by atoms with E-state index in [0.29, 0.717) is 39.4 Å². The molecule has 6 aromatic rings. The molecule has 0 saturated carbocycles. The van der Waals surface area contributed by atoms with Crippen molar-refractivity contribution in [1.29, 1.82) is 0 Å². The fourth-order valence-corrected chi connectivity index (χ4v) is 6.09. The van der Waals surface area contributed by atoms with Crippen molar-refractivity contribution in [2.75, 3.05) is 66.5 Å². The van der Waals surface area contributed by atoms with E-state index in [1.54, 1.807) is 24.5 Å². The number of fused-ring (bicyclic) bond motifs is 2. The summed E-state index contributed by atoms with van der Waals surface area (Å²) in [7, 11) is 4.24. The minimum atomic E-state index is -0.967. The van der Waals surface area contributed by atoms with Crippen molar-refractivity contribution < 1.29 is 23.5 Å². The molecule has 0 radical (unpaired) electrons. The number of hydrogen-bond acceptors (Lipinski definition) is 9. The van der Waals surface area contributed by atoms with Gasteiger partial charge in [0.05, 0.1) is 34.7 Å². The molecule has 0 aliphatic carbocycles.